The van der Waals surface area contributed by atoms with Gasteiger partial charge in [0.1, 0.15) is 5.82 Å². The predicted molar refractivity (Wildman–Crippen MR) is 126 cm³/mol. The fraction of sp³-hybridized carbons (Fsp3) is 0.417. The van der Waals surface area contributed by atoms with Gasteiger partial charge < -0.3 is 15.0 Å². The molecule has 0 aliphatic carbocycles. The maximum Gasteiger partial charge on any atom is 0.157 e. The quantitative estimate of drug-likeness (QED) is 0.611. The monoisotopic (exact) mass is 431 g/mol. The largest absolute Gasteiger partial charge is 0.383 e. The minimum absolute atomic E-state index is 0.573. The van der Waals surface area contributed by atoms with Crippen molar-refractivity contribution >= 4 is 22.4 Å². The van der Waals surface area contributed by atoms with Crippen LogP contribution in [0.15, 0.2) is 30.5 Å². The first kappa shape index (κ1) is 21.9. The minimum atomic E-state index is 0.573. The first-order valence-electron chi connectivity index (χ1n) is 10.9. The maximum absolute atomic E-state index is 9.30. The van der Waals surface area contributed by atoms with Gasteiger partial charge in [0.15, 0.2) is 5.82 Å². The predicted octanol–water partition coefficient (Wildman–Crippen LogP) is 2.89. The van der Waals surface area contributed by atoms with Crippen molar-refractivity contribution in [3.05, 3.63) is 52.8 Å². The molecule has 0 amide bonds. The molecule has 1 aliphatic heterocycles. The zero-order valence-electron chi connectivity index (χ0n) is 18.9. The topological polar surface area (TPSA) is 90.2 Å². The number of rotatable bonds is 7. The van der Waals surface area contributed by atoms with Gasteiger partial charge in [-0.1, -0.05) is 12.1 Å². The van der Waals surface area contributed by atoms with Crippen molar-refractivity contribution < 1.29 is 4.74 Å². The van der Waals surface area contributed by atoms with Gasteiger partial charge in [-0.3, -0.25) is 4.90 Å². The molecule has 0 spiro atoms. The molecule has 0 bridgehead atoms. The molecule has 166 valence electrons. The molecule has 3 heterocycles. The molecular weight excluding hydrogens is 402 g/mol. The van der Waals surface area contributed by atoms with E-state index in [-0.39, 0.29) is 0 Å². The number of piperazine rings is 1. The number of pyridine rings is 1. The van der Waals surface area contributed by atoms with Gasteiger partial charge >= 0.3 is 0 Å². The summed E-state index contributed by atoms with van der Waals surface area (Å²) in [7, 11) is 1.74. The highest BCUT2D eigenvalue weighted by Crippen LogP contribution is 2.27. The number of aryl methyl sites for hydroxylation is 1. The van der Waals surface area contributed by atoms with Crippen molar-refractivity contribution in [2.24, 2.45) is 0 Å². The first-order valence-corrected chi connectivity index (χ1v) is 10.9. The number of benzene rings is 1. The SMILES string of the molecule is COCCN1CCN(c2cc3c(NCc4cccc(C#N)c4C)nnc(C)c3cn2)CC1. The highest BCUT2D eigenvalue weighted by atomic mass is 16.5. The van der Waals surface area contributed by atoms with Crippen molar-refractivity contribution in [3.63, 3.8) is 0 Å². The third-order valence-electron chi connectivity index (χ3n) is 6.16. The van der Waals surface area contributed by atoms with Crippen molar-refractivity contribution in [2.45, 2.75) is 20.4 Å². The lowest BCUT2D eigenvalue weighted by atomic mass is 10.0. The normalized spacial score (nSPS) is 14.5. The number of ether oxygens (including phenoxy) is 1. The Morgan fingerprint density at radius 3 is 2.69 bits per heavy atom. The lowest BCUT2D eigenvalue weighted by Gasteiger charge is -2.35. The fourth-order valence-electron chi connectivity index (χ4n) is 4.06. The molecule has 1 saturated heterocycles. The Morgan fingerprint density at radius 1 is 1.12 bits per heavy atom. The number of nitrogens with one attached hydrogen (secondary N) is 1. The van der Waals surface area contributed by atoms with Gasteiger partial charge in [-0.25, -0.2) is 4.98 Å². The van der Waals surface area contributed by atoms with E-state index in [9.17, 15) is 5.26 Å². The van der Waals surface area contributed by atoms with E-state index < -0.39 is 0 Å². The van der Waals surface area contributed by atoms with E-state index >= 15 is 0 Å². The average molecular weight is 432 g/mol. The Bertz CT molecular complexity index is 1130. The molecule has 0 saturated carbocycles. The van der Waals surface area contributed by atoms with Crippen molar-refractivity contribution in [3.8, 4) is 6.07 Å². The van der Waals surface area contributed by atoms with Gasteiger partial charge in [-0.05, 0) is 37.1 Å². The number of hydrogen-bond donors (Lipinski definition) is 1. The molecule has 8 nitrogen and oxygen atoms in total. The molecule has 0 atom stereocenters. The number of methoxy groups -OCH3 is 1. The second-order valence-corrected chi connectivity index (χ2v) is 8.10. The number of hydrogen-bond acceptors (Lipinski definition) is 8. The summed E-state index contributed by atoms with van der Waals surface area (Å²) < 4.78 is 5.20. The molecule has 1 fully saturated rings. The molecule has 4 rings (SSSR count). The smallest absolute Gasteiger partial charge is 0.157 e. The van der Waals surface area contributed by atoms with Crippen LogP contribution < -0.4 is 10.2 Å². The zero-order valence-corrected chi connectivity index (χ0v) is 18.9. The summed E-state index contributed by atoms with van der Waals surface area (Å²) in [5.41, 5.74) is 3.61. The van der Waals surface area contributed by atoms with Crippen LogP contribution in [0.25, 0.3) is 10.8 Å². The summed E-state index contributed by atoms with van der Waals surface area (Å²) >= 11 is 0. The third-order valence-corrected chi connectivity index (χ3v) is 6.16. The lowest BCUT2D eigenvalue weighted by Crippen LogP contribution is -2.47. The highest BCUT2D eigenvalue weighted by molar-refractivity contribution is 5.94. The number of anilines is 2. The molecule has 1 aromatic carbocycles. The van der Waals surface area contributed by atoms with E-state index in [2.05, 4.69) is 37.4 Å². The van der Waals surface area contributed by atoms with Crippen LogP contribution in [0.3, 0.4) is 0 Å². The Hall–Kier alpha value is -3.28. The zero-order chi connectivity index (χ0) is 22.5. The minimum Gasteiger partial charge on any atom is -0.383 e. The molecular formula is C24H29N7O. The van der Waals surface area contributed by atoms with E-state index in [4.69, 9.17) is 9.72 Å². The molecule has 0 radical (unpaired) electrons. The van der Waals surface area contributed by atoms with Crippen molar-refractivity contribution in [2.75, 3.05) is 56.7 Å². The molecule has 2 aromatic heterocycles. The van der Waals surface area contributed by atoms with Crippen molar-refractivity contribution in [1.29, 1.82) is 5.26 Å². The van der Waals surface area contributed by atoms with E-state index in [1.165, 1.54) is 0 Å². The summed E-state index contributed by atoms with van der Waals surface area (Å²) in [5.74, 6) is 1.69. The van der Waals surface area contributed by atoms with Crippen LogP contribution >= 0.6 is 0 Å². The van der Waals surface area contributed by atoms with Gasteiger partial charge in [0, 0.05) is 63.3 Å². The Morgan fingerprint density at radius 2 is 1.94 bits per heavy atom. The van der Waals surface area contributed by atoms with Crippen LogP contribution in [0.1, 0.15) is 22.4 Å². The molecule has 32 heavy (non-hydrogen) atoms. The second-order valence-electron chi connectivity index (χ2n) is 8.10. The first-order chi connectivity index (χ1) is 15.6. The Balaban J connectivity index is 1.55. The van der Waals surface area contributed by atoms with E-state index in [1.54, 1.807) is 7.11 Å². The van der Waals surface area contributed by atoms with Crippen LogP contribution in [-0.2, 0) is 11.3 Å². The standard InChI is InChI=1S/C24H29N7O/c1-17-19(14-25)5-4-6-20(17)15-27-24-21-13-23(26-16-22(21)18(2)28-29-24)31-9-7-30(8-10-31)11-12-32-3/h4-6,13,16H,7-12,15H2,1-3H3,(H,27,29). The van der Waals surface area contributed by atoms with Crippen LogP contribution in [0, 0.1) is 25.2 Å². The highest BCUT2D eigenvalue weighted by Gasteiger charge is 2.19. The summed E-state index contributed by atoms with van der Waals surface area (Å²) in [6.45, 7) is 10.1. The van der Waals surface area contributed by atoms with Gasteiger partial charge in [0.05, 0.1) is 23.9 Å². The lowest BCUT2D eigenvalue weighted by molar-refractivity contribution is 0.144. The molecule has 3 aromatic rings. The second kappa shape index (κ2) is 9.90. The average Bonchev–Trinajstić information content (AvgIpc) is 2.83. The van der Waals surface area contributed by atoms with Gasteiger partial charge in [-0.15, -0.1) is 5.10 Å². The van der Waals surface area contributed by atoms with E-state index in [0.29, 0.717) is 12.1 Å². The summed E-state index contributed by atoms with van der Waals surface area (Å²) in [6, 6.07) is 10.1. The van der Waals surface area contributed by atoms with Crippen LogP contribution in [0.5, 0.6) is 0 Å². The fourth-order valence-corrected chi connectivity index (χ4v) is 4.06. The molecule has 0 unspecified atom stereocenters. The molecule has 1 aliphatic rings. The van der Waals surface area contributed by atoms with Gasteiger partial charge in [-0.2, -0.15) is 10.4 Å². The molecule has 8 heteroatoms. The third kappa shape index (κ3) is 4.64. The summed E-state index contributed by atoms with van der Waals surface area (Å²) in [5, 5.41) is 23.5. The number of fused-ring (bicyclic) bond motifs is 1. The van der Waals surface area contributed by atoms with Crippen LogP contribution in [-0.4, -0.2) is 66.5 Å². The Kier molecular flexibility index (Phi) is 6.78. The molecule has 1 N–H and O–H groups in total. The number of aromatic nitrogens is 3. The number of nitrogens with zero attached hydrogens (tertiary/aromatic N) is 6. The van der Waals surface area contributed by atoms with Crippen LogP contribution in [0.4, 0.5) is 11.6 Å². The Labute approximate surface area is 188 Å². The van der Waals surface area contributed by atoms with Crippen molar-refractivity contribution in [1.82, 2.24) is 20.1 Å². The summed E-state index contributed by atoms with van der Waals surface area (Å²) in [4.78, 5) is 9.47. The van der Waals surface area contributed by atoms with Crippen LogP contribution in [0.2, 0.25) is 0 Å². The van der Waals surface area contributed by atoms with E-state index in [0.717, 1.165) is 78.6 Å². The summed E-state index contributed by atoms with van der Waals surface area (Å²) in [6.07, 6.45) is 1.90. The number of nitriles is 1. The van der Waals surface area contributed by atoms with E-state index in [1.807, 2.05) is 38.2 Å². The maximum atomic E-state index is 9.30. The van der Waals surface area contributed by atoms with Gasteiger partial charge in [0.25, 0.3) is 0 Å². The van der Waals surface area contributed by atoms with Gasteiger partial charge in [0.2, 0.25) is 0 Å².